The Hall–Kier alpha value is -2.18. The Balaban J connectivity index is 1.44. The number of nitrogens with one attached hydrogen (secondary N) is 2. The lowest BCUT2D eigenvalue weighted by molar-refractivity contribution is -0.137. The first kappa shape index (κ1) is 24.0. The highest BCUT2D eigenvalue weighted by Crippen LogP contribution is 2.33. The second kappa shape index (κ2) is 11.3. The normalized spacial score (nSPS) is 25.2. The average Bonchev–Trinajstić information content (AvgIpc) is 3.29. The van der Waals surface area contributed by atoms with Crippen molar-refractivity contribution in [2.75, 3.05) is 33.2 Å². The van der Waals surface area contributed by atoms with Crippen LogP contribution in [0.3, 0.4) is 0 Å². The first-order valence-corrected chi connectivity index (χ1v) is 12.8. The zero-order chi connectivity index (χ0) is 23.2. The molecular weight excluding hydrogens is 412 g/mol. The summed E-state index contributed by atoms with van der Waals surface area (Å²) in [5.74, 6) is 0.568. The Morgan fingerprint density at radius 2 is 1.91 bits per heavy atom. The summed E-state index contributed by atoms with van der Waals surface area (Å²) in [6.45, 7) is 5.73. The number of nitrogens with zero attached hydrogens (tertiary/aromatic N) is 2. The van der Waals surface area contributed by atoms with E-state index in [2.05, 4.69) is 56.8 Å². The van der Waals surface area contributed by atoms with Crippen LogP contribution in [0.2, 0.25) is 0 Å². The van der Waals surface area contributed by atoms with Crippen molar-refractivity contribution in [1.29, 1.82) is 0 Å². The molecule has 2 aliphatic heterocycles. The molecule has 2 N–H and O–H groups in total. The fourth-order valence-electron chi connectivity index (χ4n) is 5.62. The molecule has 1 aromatic carbocycles. The van der Waals surface area contributed by atoms with Gasteiger partial charge in [0.1, 0.15) is 6.04 Å². The zero-order valence-electron chi connectivity index (χ0n) is 20.3. The van der Waals surface area contributed by atoms with Crippen LogP contribution in [0, 0.1) is 5.92 Å². The molecule has 2 amide bonds. The van der Waals surface area contributed by atoms with Crippen molar-refractivity contribution >= 4 is 11.8 Å². The maximum atomic E-state index is 13.9. The van der Waals surface area contributed by atoms with Crippen molar-refractivity contribution < 1.29 is 9.59 Å². The number of carbonyl (C=O) groups excluding carboxylic acids is 2. The number of likely N-dealkylation sites (N-methyl/N-ethyl adjacent to an activating group) is 1. The fourth-order valence-corrected chi connectivity index (χ4v) is 5.62. The predicted molar refractivity (Wildman–Crippen MR) is 132 cm³/mol. The van der Waals surface area contributed by atoms with Gasteiger partial charge < -0.3 is 20.4 Å². The number of likely N-dealkylation sites (tertiary alicyclic amines) is 2. The van der Waals surface area contributed by atoms with E-state index in [1.165, 1.54) is 5.56 Å². The Bertz CT molecular complexity index is 840. The molecule has 2 heterocycles. The predicted octanol–water partition coefficient (Wildman–Crippen LogP) is 2.75. The van der Waals surface area contributed by atoms with E-state index in [1.54, 1.807) is 7.05 Å². The Labute approximate surface area is 198 Å². The largest absolute Gasteiger partial charge is 0.339 e. The molecule has 0 aromatic heterocycles. The summed E-state index contributed by atoms with van der Waals surface area (Å²) in [7, 11) is 1.78. The number of amides is 2. The van der Waals surface area contributed by atoms with Gasteiger partial charge in [-0.25, -0.2) is 0 Å². The molecule has 2 saturated heterocycles. The van der Waals surface area contributed by atoms with Gasteiger partial charge in [-0.3, -0.25) is 9.59 Å². The minimum atomic E-state index is -0.521. The van der Waals surface area contributed by atoms with Crippen molar-refractivity contribution in [2.24, 2.45) is 5.92 Å². The number of benzene rings is 1. The van der Waals surface area contributed by atoms with Crippen LogP contribution in [0.15, 0.2) is 42.0 Å². The van der Waals surface area contributed by atoms with E-state index in [0.29, 0.717) is 5.92 Å². The fraction of sp³-hybridized carbons (Fsp3) is 0.630. The van der Waals surface area contributed by atoms with Gasteiger partial charge in [-0.15, -0.1) is 0 Å². The lowest BCUT2D eigenvalue weighted by atomic mass is 9.90. The number of allylic oxidation sites excluding steroid dienone is 1. The molecular formula is C27H40N4O2. The van der Waals surface area contributed by atoms with Gasteiger partial charge in [0.05, 0.1) is 6.04 Å². The molecule has 1 aromatic rings. The van der Waals surface area contributed by atoms with Crippen molar-refractivity contribution in [3.05, 3.63) is 47.5 Å². The number of carbonyl (C=O) groups is 2. The molecule has 6 nitrogen and oxygen atoms in total. The van der Waals surface area contributed by atoms with Crippen LogP contribution >= 0.6 is 0 Å². The highest BCUT2D eigenvalue weighted by molar-refractivity contribution is 5.92. The standard InChI is InChI=1S/C27H40N4O2/c1-20(28-2)26(32)29-25(23-11-7-4-8-12-23)27(33)31-18-15-22-14-17-30(19-24(22)31)16-13-21-9-5-3-6-10-21/h3,5-6,9-11,20,22,24-25,28H,4,7-8,12-19H2,1-2H3,(H,29,32)/t20-,22?,24+,25-/m0/s1. The quantitative estimate of drug-likeness (QED) is 0.596. The Kier molecular flexibility index (Phi) is 8.20. The summed E-state index contributed by atoms with van der Waals surface area (Å²) in [4.78, 5) is 31.2. The molecule has 1 aliphatic carbocycles. The summed E-state index contributed by atoms with van der Waals surface area (Å²) in [5.41, 5.74) is 2.47. The smallest absolute Gasteiger partial charge is 0.249 e. The third kappa shape index (κ3) is 5.85. The third-order valence-corrected chi connectivity index (χ3v) is 7.85. The molecule has 0 saturated carbocycles. The van der Waals surface area contributed by atoms with E-state index in [1.807, 2.05) is 6.92 Å². The van der Waals surface area contributed by atoms with Crippen LogP contribution in [-0.2, 0) is 16.0 Å². The van der Waals surface area contributed by atoms with E-state index in [0.717, 1.165) is 76.7 Å². The molecule has 180 valence electrons. The molecule has 33 heavy (non-hydrogen) atoms. The highest BCUT2D eigenvalue weighted by Gasteiger charge is 2.43. The molecule has 4 rings (SSSR count). The summed E-state index contributed by atoms with van der Waals surface area (Å²) in [5, 5.41) is 6.09. The summed E-state index contributed by atoms with van der Waals surface area (Å²) >= 11 is 0. The topological polar surface area (TPSA) is 64.7 Å². The van der Waals surface area contributed by atoms with Crippen LogP contribution in [0.25, 0.3) is 0 Å². The van der Waals surface area contributed by atoms with Crippen LogP contribution in [0.4, 0.5) is 0 Å². The van der Waals surface area contributed by atoms with Crippen molar-refractivity contribution in [3.8, 4) is 0 Å². The molecule has 1 unspecified atom stereocenters. The Morgan fingerprint density at radius 1 is 1.12 bits per heavy atom. The van der Waals surface area contributed by atoms with Gasteiger partial charge in [0.2, 0.25) is 11.8 Å². The van der Waals surface area contributed by atoms with E-state index >= 15 is 0 Å². The summed E-state index contributed by atoms with van der Waals surface area (Å²) < 4.78 is 0. The van der Waals surface area contributed by atoms with Gasteiger partial charge in [0.15, 0.2) is 0 Å². The number of hydrogen-bond donors (Lipinski definition) is 2. The zero-order valence-corrected chi connectivity index (χ0v) is 20.3. The second-order valence-corrected chi connectivity index (χ2v) is 9.95. The third-order valence-electron chi connectivity index (χ3n) is 7.85. The van der Waals surface area contributed by atoms with Crippen LogP contribution < -0.4 is 10.6 Å². The number of rotatable bonds is 8. The highest BCUT2D eigenvalue weighted by atomic mass is 16.2. The van der Waals surface area contributed by atoms with Crippen LogP contribution in [-0.4, -0.2) is 73.0 Å². The number of piperidine rings is 1. The Morgan fingerprint density at radius 3 is 2.64 bits per heavy atom. The van der Waals surface area contributed by atoms with Crippen LogP contribution in [0.1, 0.15) is 51.0 Å². The lowest BCUT2D eigenvalue weighted by Gasteiger charge is -2.40. The average molecular weight is 453 g/mol. The molecule has 0 spiro atoms. The second-order valence-electron chi connectivity index (χ2n) is 9.95. The van der Waals surface area contributed by atoms with E-state index in [4.69, 9.17) is 0 Å². The molecule has 4 atom stereocenters. The maximum Gasteiger partial charge on any atom is 0.249 e. The molecule has 0 radical (unpaired) electrons. The maximum absolute atomic E-state index is 13.9. The molecule has 6 heteroatoms. The molecule has 3 aliphatic rings. The van der Waals surface area contributed by atoms with Gasteiger partial charge in [-0.1, -0.05) is 36.4 Å². The van der Waals surface area contributed by atoms with Crippen LogP contribution in [0.5, 0.6) is 0 Å². The minimum Gasteiger partial charge on any atom is -0.339 e. The first-order chi connectivity index (χ1) is 16.1. The first-order valence-electron chi connectivity index (χ1n) is 12.8. The molecule has 2 fully saturated rings. The van der Waals surface area contributed by atoms with E-state index in [9.17, 15) is 9.59 Å². The lowest BCUT2D eigenvalue weighted by Crippen LogP contribution is -2.57. The van der Waals surface area contributed by atoms with Crippen molar-refractivity contribution in [1.82, 2.24) is 20.4 Å². The van der Waals surface area contributed by atoms with Gasteiger partial charge in [0, 0.05) is 25.7 Å². The monoisotopic (exact) mass is 452 g/mol. The SMILES string of the molecule is CN[C@@H](C)C(=O)N[C@H](C(=O)N1CCC2CCN(CCc3ccccc3)C[C@H]21)C1=CCCCC1. The van der Waals surface area contributed by atoms with Crippen molar-refractivity contribution in [3.63, 3.8) is 0 Å². The number of hydrogen-bond acceptors (Lipinski definition) is 4. The summed E-state index contributed by atoms with van der Waals surface area (Å²) in [6.07, 6.45) is 9.61. The van der Waals surface area contributed by atoms with E-state index in [-0.39, 0.29) is 23.9 Å². The van der Waals surface area contributed by atoms with Gasteiger partial charge in [-0.05, 0) is 82.5 Å². The summed E-state index contributed by atoms with van der Waals surface area (Å²) in [6, 6.07) is 10.1. The minimum absolute atomic E-state index is 0.0946. The van der Waals surface area contributed by atoms with E-state index < -0.39 is 6.04 Å². The van der Waals surface area contributed by atoms with Gasteiger partial charge in [0.25, 0.3) is 0 Å². The van der Waals surface area contributed by atoms with Gasteiger partial charge in [-0.2, -0.15) is 0 Å². The number of fused-ring (bicyclic) bond motifs is 1. The van der Waals surface area contributed by atoms with Gasteiger partial charge >= 0.3 is 0 Å². The molecule has 0 bridgehead atoms. The van der Waals surface area contributed by atoms with Crippen molar-refractivity contribution in [2.45, 2.75) is 70.0 Å².